The second kappa shape index (κ2) is 5.63. The van der Waals surface area contributed by atoms with E-state index >= 15 is 0 Å². The molecule has 0 aliphatic rings. The number of nitrogens with zero attached hydrogens (tertiary/aromatic N) is 2. The van der Waals surface area contributed by atoms with Crippen molar-refractivity contribution in [1.29, 1.82) is 0 Å². The largest absolute Gasteiger partial charge is 0.361 e. The zero-order chi connectivity index (χ0) is 14.9. The van der Waals surface area contributed by atoms with Crippen LogP contribution in [0.25, 0.3) is 0 Å². The van der Waals surface area contributed by atoms with Crippen molar-refractivity contribution >= 4 is 17.5 Å². The third-order valence-corrected chi connectivity index (χ3v) is 3.25. The van der Waals surface area contributed by atoms with Crippen molar-refractivity contribution in [3.8, 4) is 0 Å². The van der Waals surface area contributed by atoms with Crippen LogP contribution in [0.2, 0.25) is 5.15 Å². The van der Waals surface area contributed by atoms with Crippen molar-refractivity contribution in [3.05, 3.63) is 45.6 Å². The van der Waals surface area contributed by atoms with E-state index in [4.69, 9.17) is 16.1 Å². The molecule has 1 amide bonds. The predicted octanol–water partition coefficient (Wildman–Crippen LogP) is 3.14. The zero-order valence-electron chi connectivity index (χ0n) is 11.8. The van der Waals surface area contributed by atoms with Crippen molar-refractivity contribution in [3.63, 3.8) is 0 Å². The van der Waals surface area contributed by atoms with Crippen LogP contribution in [0.15, 0.2) is 16.7 Å². The van der Waals surface area contributed by atoms with Crippen molar-refractivity contribution in [2.45, 2.75) is 33.7 Å². The maximum absolute atomic E-state index is 12.2. The molecule has 0 bridgehead atoms. The smallest absolute Gasteiger partial charge is 0.251 e. The second-order valence-electron chi connectivity index (χ2n) is 4.75. The molecule has 0 aliphatic carbocycles. The summed E-state index contributed by atoms with van der Waals surface area (Å²) >= 11 is 5.86. The Balaban J connectivity index is 2.19. The molecule has 0 aliphatic heterocycles. The molecule has 20 heavy (non-hydrogen) atoms. The number of carbonyl (C=O) groups is 1. The molecule has 106 valence electrons. The van der Waals surface area contributed by atoms with E-state index in [0.29, 0.717) is 22.2 Å². The Morgan fingerprint density at radius 2 is 2.05 bits per heavy atom. The van der Waals surface area contributed by atoms with Gasteiger partial charge in [0.05, 0.1) is 11.7 Å². The van der Waals surface area contributed by atoms with Gasteiger partial charge in [-0.15, -0.1) is 0 Å². The van der Waals surface area contributed by atoms with Gasteiger partial charge in [-0.2, -0.15) is 0 Å². The summed E-state index contributed by atoms with van der Waals surface area (Å²) < 4.78 is 5.11. The highest BCUT2D eigenvalue weighted by molar-refractivity contribution is 6.29. The summed E-state index contributed by atoms with van der Waals surface area (Å²) in [7, 11) is 0. The molecule has 0 spiro atoms. The fraction of sp³-hybridized carbons (Fsp3) is 0.357. The van der Waals surface area contributed by atoms with Gasteiger partial charge in [0.25, 0.3) is 5.91 Å². The first-order valence-electron chi connectivity index (χ1n) is 6.26. The fourth-order valence-corrected chi connectivity index (χ4v) is 2.47. The highest BCUT2D eigenvalue weighted by Crippen LogP contribution is 2.21. The molecule has 6 heteroatoms. The molecule has 2 aromatic heterocycles. The number of hydrogen-bond donors (Lipinski definition) is 1. The number of halogens is 1. The summed E-state index contributed by atoms with van der Waals surface area (Å²) in [5.74, 6) is 0.504. The van der Waals surface area contributed by atoms with E-state index in [-0.39, 0.29) is 11.9 Å². The van der Waals surface area contributed by atoms with Gasteiger partial charge in [-0.05, 0) is 39.8 Å². The first kappa shape index (κ1) is 14.5. The van der Waals surface area contributed by atoms with Gasteiger partial charge in [0, 0.05) is 16.8 Å². The van der Waals surface area contributed by atoms with Gasteiger partial charge in [-0.3, -0.25) is 4.79 Å². The normalized spacial score (nSPS) is 12.2. The maximum Gasteiger partial charge on any atom is 0.251 e. The van der Waals surface area contributed by atoms with E-state index in [9.17, 15) is 4.79 Å². The lowest BCUT2D eigenvalue weighted by atomic mass is 10.1. The summed E-state index contributed by atoms with van der Waals surface area (Å²) in [6.45, 7) is 7.36. The minimum atomic E-state index is -0.204. The van der Waals surface area contributed by atoms with Crippen LogP contribution in [-0.2, 0) is 0 Å². The average Bonchev–Trinajstić information content (AvgIpc) is 2.67. The van der Waals surface area contributed by atoms with Crippen molar-refractivity contribution in [2.75, 3.05) is 0 Å². The van der Waals surface area contributed by atoms with E-state index in [1.807, 2.05) is 20.8 Å². The molecular formula is C14H16ClN3O2. The SMILES string of the molecule is Cc1cc(C(=O)NC(C)c2c(C)noc2C)cc(Cl)n1. The summed E-state index contributed by atoms with van der Waals surface area (Å²) in [4.78, 5) is 16.3. The van der Waals surface area contributed by atoms with Gasteiger partial charge >= 0.3 is 0 Å². The molecule has 0 saturated carbocycles. The third kappa shape index (κ3) is 2.99. The Morgan fingerprint density at radius 3 is 2.60 bits per heavy atom. The minimum Gasteiger partial charge on any atom is -0.361 e. The van der Waals surface area contributed by atoms with Gasteiger partial charge in [-0.1, -0.05) is 16.8 Å². The molecule has 2 rings (SSSR count). The molecule has 0 radical (unpaired) electrons. The van der Waals surface area contributed by atoms with Crippen molar-refractivity contribution in [2.24, 2.45) is 0 Å². The van der Waals surface area contributed by atoms with E-state index in [2.05, 4.69) is 15.5 Å². The lowest BCUT2D eigenvalue weighted by molar-refractivity contribution is 0.0939. The number of rotatable bonds is 3. The Hall–Kier alpha value is -1.88. The zero-order valence-corrected chi connectivity index (χ0v) is 12.6. The summed E-state index contributed by atoms with van der Waals surface area (Å²) in [6, 6.07) is 3.05. The molecule has 2 aromatic rings. The van der Waals surface area contributed by atoms with Gasteiger partial charge in [-0.25, -0.2) is 4.98 Å². The Bertz CT molecular complexity index is 612. The number of hydrogen-bond acceptors (Lipinski definition) is 4. The van der Waals surface area contributed by atoms with E-state index in [1.54, 1.807) is 19.1 Å². The van der Waals surface area contributed by atoms with Crippen LogP contribution < -0.4 is 5.32 Å². The topological polar surface area (TPSA) is 68.0 Å². The minimum absolute atomic E-state index is 0.194. The van der Waals surface area contributed by atoms with Crippen LogP contribution in [-0.4, -0.2) is 16.0 Å². The van der Waals surface area contributed by atoms with E-state index in [0.717, 1.165) is 11.3 Å². The molecule has 0 fully saturated rings. The van der Waals surface area contributed by atoms with Gasteiger partial charge in [0.1, 0.15) is 10.9 Å². The van der Waals surface area contributed by atoms with Gasteiger partial charge < -0.3 is 9.84 Å². The first-order chi connectivity index (χ1) is 9.38. The van der Waals surface area contributed by atoms with Crippen LogP contribution in [0.5, 0.6) is 0 Å². The number of pyridine rings is 1. The van der Waals surface area contributed by atoms with Crippen LogP contribution in [0.1, 0.15) is 46.0 Å². The number of aryl methyl sites for hydroxylation is 3. The van der Waals surface area contributed by atoms with Crippen LogP contribution >= 0.6 is 11.6 Å². The van der Waals surface area contributed by atoms with Gasteiger partial charge in [0.15, 0.2) is 0 Å². The standard InChI is InChI=1S/C14H16ClN3O2/c1-7-5-11(6-12(15)16-7)14(19)17-8(2)13-9(3)18-20-10(13)4/h5-6,8H,1-4H3,(H,17,19). The Morgan fingerprint density at radius 1 is 1.35 bits per heavy atom. The van der Waals surface area contributed by atoms with Crippen LogP contribution in [0, 0.1) is 20.8 Å². The molecule has 1 N–H and O–H groups in total. The van der Waals surface area contributed by atoms with Crippen LogP contribution in [0.3, 0.4) is 0 Å². The van der Waals surface area contributed by atoms with Crippen molar-refractivity contribution in [1.82, 2.24) is 15.5 Å². The summed E-state index contributed by atoms with van der Waals surface area (Å²) in [5.41, 5.74) is 2.86. The maximum atomic E-state index is 12.2. The molecule has 5 nitrogen and oxygen atoms in total. The highest BCUT2D eigenvalue weighted by atomic mass is 35.5. The average molecular weight is 294 g/mol. The van der Waals surface area contributed by atoms with Crippen LogP contribution in [0.4, 0.5) is 0 Å². The van der Waals surface area contributed by atoms with E-state index in [1.165, 1.54) is 0 Å². The van der Waals surface area contributed by atoms with E-state index < -0.39 is 0 Å². The lowest BCUT2D eigenvalue weighted by Crippen LogP contribution is -2.27. The molecule has 1 unspecified atom stereocenters. The molecule has 1 atom stereocenters. The highest BCUT2D eigenvalue weighted by Gasteiger charge is 2.19. The summed E-state index contributed by atoms with van der Waals surface area (Å²) in [6.07, 6.45) is 0. The first-order valence-corrected chi connectivity index (χ1v) is 6.64. The second-order valence-corrected chi connectivity index (χ2v) is 5.14. The number of aromatic nitrogens is 2. The number of amides is 1. The summed E-state index contributed by atoms with van der Waals surface area (Å²) in [5, 5.41) is 7.10. The van der Waals surface area contributed by atoms with Crippen molar-refractivity contribution < 1.29 is 9.32 Å². The molecular weight excluding hydrogens is 278 g/mol. The Kier molecular flexibility index (Phi) is 4.09. The predicted molar refractivity (Wildman–Crippen MR) is 75.8 cm³/mol. The third-order valence-electron chi connectivity index (χ3n) is 3.05. The van der Waals surface area contributed by atoms with Gasteiger partial charge in [0.2, 0.25) is 0 Å². The fourth-order valence-electron chi connectivity index (χ4n) is 2.22. The molecule has 0 aromatic carbocycles. The quantitative estimate of drug-likeness (QED) is 0.883. The number of carbonyl (C=O) groups excluding carboxylic acids is 1. The lowest BCUT2D eigenvalue weighted by Gasteiger charge is -2.14. The number of nitrogens with one attached hydrogen (secondary N) is 1. The molecule has 2 heterocycles. The monoisotopic (exact) mass is 293 g/mol. The molecule has 0 saturated heterocycles. The Labute approximate surface area is 122 Å².